The van der Waals surface area contributed by atoms with Crippen molar-refractivity contribution < 1.29 is 23.1 Å². The molecule has 3 atom stereocenters. The molecule has 2 amide bonds. The minimum absolute atomic E-state index is 0.00963. The number of benzene rings is 2. The average molecular weight is 587 g/mol. The first-order valence-electron chi connectivity index (χ1n) is 14.6. The molecule has 9 nitrogen and oxygen atoms in total. The summed E-state index contributed by atoms with van der Waals surface area (Å²) in [7, 11) is -3.93. The zero-order valence-electron chi connectivity index (χ0n) is 24.7. The van der Waals surface area contributed by atoms with Crippen molar-refractivity contribution in [1.29, 1.82) is 0 Å². The summed E-state index contributed by atoms with van der Waals surface area (Å²) in [5, 5.41) is 16.2. The number of hydrogen-bond acceptors (Lipinski definition) is 6. The summed E-state index contributed by atoms with van der Waals surface area (Å²) in [6.07, 6.45) is 1.93. The number of carbonyl (C=O) groups excluding carboxylic acids is 2. The van der Waals surface area contributed by atoms with E-state index in [1.807, 2.05) is 58.0 Å². The Labute approximate surface area is 245 Å². The number of hydrazine groups is 1. The molecular weight excluding hydrogens is 540 g/mol. The Morgan fingerprint density at radius 2 is 1.59 bits per heavy atom. The van der Waals surface area contributed by atoms with E-state index in [0.29, 0.717) is 6.04 Å². The molecule has 0 radical (unpaired) electrons. The number of nitrogens with one attached hydrogen (secondary N) is 2. The Bertz CT molecular complexity index is 1210. The molecule has 41 heavy (non-hydrogen) atoms. The lowest BCUT2D eigenvalue weighted by Crippen LogP contribution is -2.60. The van der Waals surface area contributed by atoms with Gasteiger partial charge in [-0.05, 0) is 48.8 Å². The highest BCUT2D eigenvalue weighted by atomic mass is 32.2. The van der Waals surface area contributed by atoms with E-state index in [1.54, 1.807) is 18.2 Å². The number of aliphatic hydroxyl groups excluding tert-OH is 1. The molecule has 1 aliphatic carbocycles. The molecular formula is C31H46N4O5S. The van der Waals surface area contributed by atoms with E-state index in [1.165, 1.54) is 21.4 Å². The highest BCUT2D eigenvalue weighted by Crippen LogP contribution is 2.22. The predicted octanol–water partition coefficient (Wildman–Crippen LogP) is 3.35. The van der Waals surface area contributed by atoms with Gasteiger partial charge in [0, 0.05) is 25.6 Å². The van der Waals surface area contributed by atoms with Crippen molar-refractivity contribution in [2.45, 2.75) is 82.9 Å². The zero-order chi connectivity index (χ0) is 30.0. The Hall–Kier alpha value is -2.79. The summed E-state index contributed by atoms with van der Waals surface area (Å²) in [4.78, 5) is 26.8. The Balaban J connectivity index is 1.95. The van der Waals surface area contributed by atoms with Crippen molar-refractivity contribution in [3.05, 3.63) is 66.2 Å². The quantitative estimate of drug-likeness (QED) is 0.260. The van der Waals surface area contributed by atoms with Crippen LogP contribution < -0.4 is 10.7 Å². The molecule has 226 valence electrons. The van der Waals surface area contributed by atoms with Crippen LogP contribution in [0.5, 0.6) is 0 Å². The third kappa shape index (κ3) is 10.2. The van der Waals surface area contributed by atoms with Crippen molar-refractivity contribution in [2.24, 2.45) is 11.8 Å². The fraction of sp³-hybridized carbons (Fsp3) is 0.548. The number of rotatable bonds is 16. The average Bonchev–Trinajstić information content (AvgIpc) is 3.78. The smallest absolute Gasteiger partial charge is 0.252 e. The lowest BCUT2D eigenvalue weighted by molar-refractivity contribution is -0.148. The van der Waals surface area contributed by atoms with E-state index < -0.39 is 22.2 Å². The molecule has 0 aromatic heterocycles. The van der Waals surface area contributed by atoms with Gasteiger partial charge in [-0.2, -0.15) is 4.31 Å². The number of nitrogens with zero attached hydrogens (tertiary/aromatic N) is 2. The Kier molecular flexibility index (Phi) is 12.3. The first-order chi connectivity index (χ1) is 19.5. The third-order valence-electron chi connectivity index (χ3n) is 7.27. The van der Waals surface area contributed by atoms with Crippen LogP contribution >= 0.6 is 0 Å². The largest absolute Gasteiger partial charge is 0.390 e. The maximum atomic E-state index is 13.7. The van der Waals surface area contributed by atoms with Crippen molar-refractivity contribution in [1.82, 2.24) is 20.1 Å². The number of sulfonamides is 1. The molecule has 2 aromatic carbocycles. The topological polar surface area (TPSA) is 119 Å². The minimum Gasteiger partial charge on any atom is -0.390 e. The van der Waals surface area contributed by atoms with Gasteiger partial charge in [0.1, 0.15) is 0 Å². The molecule has 0 unspecified atom stereocenters. The SMILES string of the molecule is CC[C@H](C)CC(=O)N(NC(=O)CNC1CC1)[C@@H](Cc1ccccc1)[C@H](O)CN(CC(C)C)S(=O)(=O)c1ccccc1. The molecule has 10 heteroatoms. The monoisotopic (exact) mass is 586 g/mol. The second-order valence-corrected chi connectivity index (χ2v) is 13.5. The Morgan fingerprint density at radius 1 is 0.976 bits per heavy atom. The van der Waals surface area contributed by atoms with Crippen molar-refractivity contribution in [3.63, 3.8) is 0 Å². The maximum absolute atomic E-state index is 13.7. The van der Waals surface area contributed by atoms with E-state index in [9.17, 15) is 23.1 Å². The van der Waals surface area contributed by atoms with E-state index in [2.05, 4.69) is 10.7 Å². The summed E-state index contributed by atoms with van der Waals surface area (Å²) in [5.74, 6) is -0.641. The third-order valence-corrected chi connectivity index (χ3v) is 9.11. The van der Waals surface area contributed by atoms with Gasteiger partial charge in [-0.25, -0.2) is 13.4 Å². The van der Waals surface area contributed by atoms with Crippen LogP contribution in [-0.4, -0.2) is 72.5 Å². The lowest BCUT2D eigenvalue weighted by Gasteiger charge is -2.37. The molecule has 3 rings (SSSR count). The molecule has 3 N–H and O–H groups in total. The van der Waals surface area contributed by atoms with Gasteiger partial charge in [-0.3, -0.25) is 15.0 Å². The van der Waals surface area contributed by atoms with Crippen LogP contribution in [-0.2, 0) is 26.0 Å². The highest BCUT2D eigenvalue weighted by molar-refractivity contribution is 7.89. The number of aliphatic hydroxyl groups is 1. The van der Waals surface area contributed by atoms with Crippen molar-refractivity contribution >= 4 is 21.8 Å². The van der Waals surface area contributed by atoms with E-state index in [0.717, 1.165) is 24.8 Å². The summed E-state index contributed by atoms with van der Waals surface area (Å²) in [6.45, 7) is 7.78. The van der Waals surface area contributed by atoms with Gasteiger partial charge in [-0.1, -0.05) is 82.6 Å². The molecule has 0 spiro atoms. The van der Waals surface area contributed by atoms with Crippen LogP contribution in [0.25, 0.3) is 0 Å². The molecule has 0 heterocycles. The van der Waals surface area contributed by atoms with Crippen LogP contribution in [0.1, 0.15) is 58.9 Å². The number of carbonyl (C=O) groups is 2. The molecule has 0 aliphatic heterocycles. The molecule has 1 aliphatic rings. The van der Waals surface area contributed by atoms with Gasteiger partial charge >= 0.3 is 0 Å². The van der Waals surface area contributed by atoms with Gasteiger partial charge in [0.05, 0.1) is 23.6 Å². The lowest BCUT2D eigenvalue weighted by atomic mass is 9.98. The van der Waals surface area contributed by atoms with E-state index >= 15 is 0 Å². The minimum atomic E-state index is -3.93. The number of hydrogen-bond donors (Lipinski definition) is 3. The van der Waals surface area contributed by atoms with Gasteiger partial charge in [0.2, 0.25) is 15.9 Å². The molecule has 0 bridgehead atoms. The number of amides is 2. The molecule has 1 saturated carbocycles. The Morgan fingerprint density at radius 3 is 2.15 bits per heavy atom. The van der Waals surface area contributed by atoms with Gasteiger partial charge < -0.3 is 10.4 Å². The summed E-state index contributed by atoms with van der Waals surface area (Å²) in [6, 6.07) is 16.9. The predicted molar refractivity (Wildman–Crippen MR) is 160 cm³/mol. The van der Waals surface area contributed by atoms with Gasteiger partial charge in [0.15, 0.2) is 0 Å². The zero-order valence-corrected chi connectivity index (χ0v) is 25.5. The van der Waals surface area contributed by atoms with E-state index in [4.69, 9.17) is 0 Å². The van der Waals surface area contributed by atoms with Crippen LogP contribution in [0, 0.1) is 11.8 Å². The van der Waals surface area contributed by atoms with Gasteiger partial charge in [-0.15, -0.1) is 0 Å². The molecule has 1 fully saturated rings. The first-order valence-corrected chi connectivity index (χ1v) is 16.1. The summed E-state index contributed by atoms with van der Waals surface area (Å²) >= 11 is 0. The summed E-state index contributed by atoms with van der Waals surface area (Å²) < 4.78 is 28.6. The van der Waals surface area contributed by atoms with Crippen LogP contribution in [0.2, 0.25) is 0 Å². The van der Waals surface area contributed by atoms with Crippen LogP contribution in [0.4, 0.5) is 0 Å². The first kappa shape index (κ1) is 32.7. The second-order valence-electron chi connectivity index (χ2n) is 11.5. The van der Waals surface area contributed by atoms with Crippen molar-refractivity contribution in [2.75, 3.05) is 19.6 Å². The molecule has 2 aromatic rings. The maximum Gasteiger partial charge on any atom is 0.252 e. The standard InChI is InChI=1S/C31H46N4O5S/c1-5-24(4)18-31(38)35(33-30(37)20-32-26-16-17-26)28(19-25-12-8-6-9-13-25)29(36)22-34(21-23(2)3)41(39,40)27-14-10-7-11-15-27/h6-15,23-24,26,28-29,32,36H,5,16-22H2,1-4H3,(H,33,37)/t24-,28-,29+/m0/s1. The van der Waals surface area contributed by atoms with Crippen LogP contribution in [0.3, 0.4) is 0 Å². The highest BCUT2D eigenvalue weighted by Gasteiger charge is 2.36. The van der Waals surface area contributed by atoms with Crippen LogP contribution in [0.15, 0.2) is 65.6 Å². The normalized spacial score (nSPS) is 15.9. The molecule has 0 saturated heterocycles. The fourth-order valence-corrected chi connectivity index (χ4v) is 6.22. The summed E-state index contributed by atoms with van der Waals surface area (Å²) in [5.41, 5.74) is 3.62. The van der Waals surface area contributed by atoms with E-state index in [-0.39, 0.29) is 61.0 Å². The fourth-order valence-electron chi connectivity index (χ4n) is 4.57. The second kappa shape index (κ2) is 15.4. The van der Waals surface area contributed by atoms with Crippen molar-refractivity contribution in [3.8, 4) is 0 Å². The van der Waals surface area contributed by atoms with Gasteiger partial charge in [0.25, 0.3) is 5.91 Å².